The van der Waals surface area contributed by atoms with Crippen LogP contribution in [-0.4, -0.2) is 5.97 Å². The number of carbonyl (C=O) groups excluding carboxylic acids is 1. The SMILES string of the molecule is CCCCc1ccc(C(=O)Oc2cccc(Cl)c2Cl)cc1. The van der Waals surface area contributed by atoms with Gasteiger partial charge in [0.25, 0.3) is 0 Å². The highest BCUT2D eigenvalue weighted by atomic mass is 35.5. The molecular weight excluding hydrogens is 307 g/mol. The number of carbonyl (C=O) groups is 1. The Morgan fingerprint density at radius 2 is 1.81 bits per heavy atom. The minimum atomic E-state index is -0.443. The number of ether oxygens (including phenoxy) is 1. The summed E-state index contributed by atoms with van der Waals surface area (Å²) in [4.78, 5) is 12.1. The topological polar surface area (TPSA) is 26.3 Å². The van der Waals surface area contributed by atoms with Gasteiger partial charge in [-0.25, -0.2) is 4.79 Å². The summed E-state index contributed by atoms with van der Waals surface area (Å²) in [5.74, 6) is -0.176. The molecule has 0 unspecified atom stereocenters. The van der Waals surface area contributed by atoms with Crippen LogP contribution in [0.2, 0.25) is 10.0 Å². The van der Waals surface area contributed by atoms with Crippen LogP contribution in [0.25, 0.3) is 0 Å². The Morgan fingerprint density at radius 3 is 2.48 bits per heavy atom. The first-order valence-corrected chi connectivity index (χ1v) is 7.62. The Hall–Kier alpha value is -1.51. The van der Waals surface area contributed by atoms with Gasteiger partial charge in [0.2, 0.25) is 0 Å². The Kier molecular flexibility index (Phi) is 5.66. The highest BCUT2D eigenvalue weighted by molar-refractivity contribution is 6.43. The maximum atomic E-state index is 12.1. The van der Waals surface area contributed by atoms with Crippen molar-refractivity contribution >= 4 is 29.2 Å². The van der Waals surface area contributed by atoms with E-state index in [1.807, 2.05) is 12.1 Å². The van der Waals surface area contributed by atoms with Gasteiger partial charge in [0.05, 0.1) is 10.6 Å². The Morgan fingerprint density at radius 1 is 1.10 bits per heavy atom. The lowest BCUT2D eigenvalue weighted by atomic mass is 10.1. The second kappa shape index (κ2) is 7.48. The summed E-state index contributed by atoms with van der Waals surface area (Å²) in [6, 6.07) is 12.4. The summed E-state index contributed by atoms with van der Waals surface area (Å²) in [5, 5.41) is 0.601. The molecule has 2 aromatic carbocycles. The van der Waals surface area contributed by atoms with Crippen molar-refractivity contribution in [2.45, 2.75) is 26.2 Å². The van der Waals surface area contributed by atoms with Crippen LogP contribution >= 0.6 is 23.2 Å². The van der Waals surface area contributed by atoms with E-state index in [9.17, 15) is 4.79 Å². The monoisotopic (exact) mass is 322 g/mol. The molecule has 0 radical (unpaired) electrons. The third-order valence-electron chi connectivity index (χ3n) is 3.13. The zero-order valence-corrected chi connectivity index (χ0v) is 13.2. The molecule has 0 aliphatic rings. The summed E-state index contributed by atoms with van der Waals surface area (Å²) >= 11 is 11.9. The molecule has 21 heavy (non-hydrogen) atoms. The first-order valence-electron chi connectivity index (χ1n) is 6.87. The molecule has 0 fully saturated rings. The van der Waals surface area contributed by atoms with Gasteiger partial charge < -0.3 is 4.74 Å². The van der Waals surface area contributed by atoms with Crippen molar-refractivity contribution in [3.8, 4) is 5.75 Å². The maximum Gasteiger partial charge on any atom is 0.343 e. The van der Waals surface area contributed by atoms with E-state index in [0.717, 1.165) is 19.3 Å². The third kappa shape index (κ3) is 4.23. The lowest BCUT2D eigenvalue weighted by Crippen LogP contribution is -2.08. The van der Waals surface area contributed by atoms with E-state index in [2.05, 4.69) is 6.92 Å². The maximum absolute atomic E-state index is 12.1. The molecule has 0 amide bonds. The zero-order valence-electron chi connectivity index (χ0n) is 11.7. The van der Waals surface area contributed by atoms with Crippen LogP contribution in [0.1, 0.15) is 35.7 Å². The normalized spacial score (nSPS) is 10.4. The van der Waals surface area contributed by atoms with E-state index in [-0.39, 0.29) is 10.8 Å². The molecule has 0 heterocycles. The number of aryl methyl sites for hydroxylation is 1. The van der Waals surface area contributed by atoms with Crippen LogP contribution in [0.5, 0.6) is 5.75 Å². The van der Waals surface area contributed by atoms with Gasteiger partial charge in [-0.1, -0.05) is 54.7 Å². The summed E-state index contributed by atoms with van der Waals surface area (Å²) in [7, 11) is 0. The van der Waals surface area contributed by atoms with Crippen LogP contribution in [0.15, 0.2) is 42.5 Å². The fraction of sp³-hybridized carbons (Fsp3) is 0.235. The van der Waals surface area contributed by atoms with Crippen molar-refractivity contribution in [1.82, 2.24) is 0 Å². The predicted octanol–water partition coefficient (Wildman–Crippen LogP) is 5.56. The van der Waals surface area contributed by atoms with E-state index in [0.29, 0.717) is 10.6 Å². The fourth-order valence-electron chi connectivity index (χ4n) is 1.91. The van der Waals surface area contributed by atoms with Gasteiger partial charge in [-0.3, -0.25) is 0 Å². The van der Waals surface area contributed by atoms with Gasteiger partial charge in [0.1, 0.15) is 5.02 Å². The largest absolute Gasteiger partial charge is 0.421 e. The Balaban J connectivity index is 2.08. The van der Waals surface area contributed by atoms with E-state index >= 15 is 0 Å². The predicted molar refractivity (Wildman–Crippen MR) is 86.5 cm³/mol. The number of rotatable bonds is 5. The average Bonchev–Trinajstić information content (AvgIpc) is 2.50. The molecule has 2 aromatic rings. The highest BCUT2D eigenvalue weighted by Gasteiger charge is 2.12. The number of halogens is 2. The third-order valence-corrected chi connectivity index (χ3v) is 3.93. The van der Waals surface area contributed by atoms with Gasteiger partial charge in [0.15, 0.2) is 5.75 Å². The second-order valence-corrected chi connectivity index (χ2v) is 5.53. The van der Waals surface area contributed by atoms with Crippen LogP contribution in [0, 0.1) is 0 Å². The quantitative estimate of drug-likeness (QED) is 0.532. The number of esters is 1. The first kappa shape index (κ1) is 15.9. The van der Waals surface area contributed by atoms with Crippen molar-refractivity contribution in [3.05, 3.63) is 63.6 Å². The van der Waals surface area contributed by atoms with Crippen LogP contribution in [0.4, 0.5) is 0 Å². The van der Waals surface area contributed by atoms with Gasteiger partial charge >= 0.3 is 5.97 Å². The smallest absolute Gasteiger partial charge is 0.343 e. The summed E-state index contributed by atoms with van der Waals surface area (Å²) in [6.45, 7) is 2.15. The van der Waals surface area contributed by atoms with Crippen molar-refractivity contribution in [1.29, 1.82) is 0 Å². The molecule has 0 spiro atoms. The molecule has 0 aliphatic carbocycles. The van der Waals surface area contributed by atoms with Gasteiger partial charge in [-0.15, -0.1) is 0 Å². The van der Waals surface area contributed by atoms with E-state index in [4.69, 9.17) is 27.9 Å². The van der Waals surface area contributed by atoms with Crippen LogP contribution < -0.4 is 4.74 Å². The second-order valence-electron chi connectivity index (χ2n) is 4.74. The van der Waals surface area contributed by atoms with E-state index in [1.54, 1.807) is 30.3 Å². The van der Waals surface area contributed by atoms with Crippen molar-refractivity contribution < 1.29 is 9.53 Å². The molecule has 2 rings (SSSR count). The number of hydrogen-bond acceptors (Lipinski definition) is 2. The Bertz CT molecular complexity index is 621. The Labute approximate surface area is 134 Å². The molecule has 4 heteroatoms. The van der Waals surface area contributed by atoms with Gasteiger partial charge in [0, 0.05) is 0 Å². The molecule has 110 valence electrons. The standard InChI is InChI=1S/C17H16Cl2O2/c1-2-3-5-12-8-10-13(11-9-12)17(20)21-15-7-4-6-14(18)16(15)19/h4,6-11H,2-3,5H2,1H3. The van der Waals surface area contributed by atoms with Crippen molar-refractivity contribution in [3.63, 3.8) is 0 Å². The fourth-order valence-corrected chi connectivity index (χ4v) is 2.24. The first-order chi connectivity index (χ1) is 10.1. The zero-order chi connectivity index (χ0) is 15.2. The number of benzene rings is 2. The molecule has 0 atom stereocenters. The van der Waals surface area contributed by atoms with Gasteiger partial charge in [-0.2, -0.15) is 0 Å². The molecule has 0 aromatic heterocycles. The number of hydrogen-bond donors (Lipinski definition) is 0. The lowest BCUT2D eigenvalue weighted by molar-refractivity contribution is 0.0735. The molecule has 0 saturated carbocycles. The van der Waals surface area contributed by atoms with E-state index in [1.165, 1.54) is 5.56 Å². The lowest BCUT2D eigenvalue weighted by Gasteiger charge is -2.07. The summed E-state index contributed by atoms with van der Waals surface area (Å²) in [6.07, 6.45) is 3.31. The van der Waals surface area contributed by atoms with Crippen LogP contribution in [0.3, 0.4) is 0 Å². The molecule has 0 aliphatic heterocycles. The highest BCUT2D eigenvalue weighted by Crippen LogP contribution is 2.31. The molecule has 0 bridgehead atoms. The molecular formula is C17H16Cl2O2. The summed E-state index contributed by atoms with van der Waals surface area (Å²) < 4.78 is 5.28. The minimum Gasteiger partial charge on any atom is -0.421 e. The van der Waals surface area contributed by atoms with E-state index < -0.39 is 5.97 Å². The molecule has 0 N–H and O–H groups in total. The summed E-state index contributed by atoms with van der Waals surface area (Å²) in [5.41, 5.74) is 1.71. The average molecular weight is 323 g/mol. The van der Waals surface area contributed by atoms with Crippen LogP contribution in [-0.2, 0) is 6.42 Å². The van der Waals surface area contributed by atoms with Crippen molar-refractivity contribution in [2.24, 2.45) is 0 Å². The number of unbranched alkanes of at least 4 members (excludes halogenated alkanes) is 1. The molecule has 2 nitrogen and oxygen atoms in total. The minimum absolute atomic E-state index is 0.243. The molecule has 0 saturated heterocycles. The van der Waals surface area contributed by atoms with Crippen molar-refractivity contribution in [2.75, 3.05) is 0 Å². The van der Waals surface area contributed by atoms with Gasteiger partial charge in [-0.05, 0) is 42.7 Å².